The normalized spacial score (nSPS) is 15.4. The van der Waals surface area contributed by atoms with Crippen LogP contribution in [0.2, 0.25) is 0 Å². The molecular weight excluding hydrogens is 311 g/mol. The summed E-state index contributed by atoms with van der Waals surface area (Å²) in [5.74, 6) is -0.353. The van der Waals surface area contributed by atoms with Crippen LogP contribution in [0.15, 0.2) is 24.3 Å². The van der Waals surface area contributed by atoms with Crippen LogP contribution in [-0.2, 0) is 16.0 Å². The summed E-state index contributed by atoms with van der Waals surface area (Å²) in [6.07, 6.45) is 1.56. The fraction of sp³-hybridized carbons (Fsp3) is 0.556. The molecule has 1 aliphatic heterocycles. The van der Waals surface area contributed by atoms with Gasteiger partial charge in [0.1, 0.15) is 5.82 Å². The van der Waals surface area contributed by atoms with Gasteiger partial charge in [-0.3, -0.25) is 4.79 Å². The van der Waals surface area contributed by atoms with Gasteiger partial charge in [-0.25, -0.2) is 9.18 Å². The molecule has 0 spiro atoms. The van der Waals surface area contributed by atoms with Crippen molar-refractivity contribution in [3.8, 4) is 0 Å². The van der Waals surface area contributed by atoms with E-state index in [-0.39, 0.29) is 30.7 Å². The number of ether oxygens (including phenoxy) is 1. The number of carbonyl (C=O) groups is 2. The van der Waals surface area contributed by atoms with Gasteiger partial charge in [0.15, 0.2) is 0 Å². The first-order valence-electron chi connectivity index (χ1n) is 8.44. The smallest absolute Gasteiger partial charge is 0.407 e. The average Bonchev–Trinajstić information content (AvgIpc) is 3.03. The van der Waals surface area contributed by atoms with E-state index in [0.717, 1.165) is 25.9 Å². The van der Waals surface area contributed by atoms with Crippen LogP contribution in [-0.4, -0.2) is 42.1 Å². The second-order valence-electron chi connectivity index (χ2n) is 6.38. The third-order valence-corrected chi connectivity index (χ3v) is 3.97. The summed E-state index contributed by atoms with van der Waals surface area (Å²) < 4.78 is 19.0. The fourth-order valence-corrected chi connectivity index (χ4v) is 2.82. The van der Waals surface area contributed by atoms with Gasteiger partial charge >= 0.3 is 6.09 Å². The summed E-state index contributed by atoms with van der Waals surface area (Å²) in [5, 5.41) is 2.70. The first-order valence-corrected chi connectivity index (χ1v) is 8.44. The standard InChI is InChI=1S/C18H25FN2O3/c1-13(2)24-18(23)20-15(11-14-7-3-4-8-16(14)19)12-17(22)21-9-5-6-10-21/h3-4,7-8,13,15H,5-6,9-12H2,1-2H3,(H,20,23). The Bertz CT molecular complexity index is 571. The minimum Gasteiger partial charge on any atom is -0.447 e. The Labute approximate surface area is 142 Å². The zero-order valence-electron chi connectivity index (χ0n) is 14.3. The summed E-state index contributed by atoms with van der Waals surface area (Å²) in [7, 11) is 0. The highest BCUT2D eigenvalue weighted by Gasteiger charge is 2.24. The quantitative estimate of drug-likeness (QED) is 0.869. The number of amides is 2. The highest BCUT2D eigenvalue weighted by Crippen LogP contribution is 2.14. The molecule has 1 saturated heterocycles. The van der Waals surface area contributed by atoms with Gasteiger partial charge in [-0.1, -0.05) is 18.2 Å². The van der Waals surface area contributed by atoms with Crippen molar-refractivity contribution in [3.05, 3.63) is 35.6 Å². The summed E-state index contributed by atoms with van der Waals surface area (Å²) in [5.41, 5.74) is 0.474. The summed E-state index contributed by atoms with van der Waals surface area (Å²) >= 11 is 0. The second kappa shape index (κ2) is 8.66. The lowest BCUT2D eigenvalue weighted by atomic mass is 10.0. The van der Waals surface area contributed by atoms with E-state index in [0.29, 0.717) is 5.56 Å². The first-order chi connectivity index (χ1) is 11.5. The molecule has 1 N–H and O–H groups in total. The molecule has 1 aromatic rings. The lowest BCUT2D eigenvalue weighted by Crippen LogP contribution is -2.42. The van der Waals surface area contributed by atoms with Crippen molar-refractivity contribution in [2.24, 2.45) is 0 Å². The van der Waals surface area contributed by atoms with Crippen LogP contribution in [0.3, 0.4) is 0 Å². The molecule has 1 aliphatic rings. The van der Waals surface area contributed by atoms with Gasteiger partial charge in [0.25, 0.3) is 0 Å². The first kappa shape index (κ1) is 18.2. The van der Waals surface area contributed by atoms with Crippen molar-refractivity contribution in [1.82, 2.24) is 10.2 Å². The van der Waals surface area contributed by atoms with E-state index in [1.165, 1.54) is 6.07 Å². The van der Waals surface area contributed by atoms with Gasteiger partial charge in [0, 0.05) is 25.6 Å². The number of rotatable bonds is 6. The molecule has 0 radical (unpaired) electrons. The van der Waals surface area contributed by atoms with Crippen LogP contribution in [0, 0.1) is 5.82 Å². The number of alkyl carbamates (subject to hydrolysis) is 1. The molecule has 0 saturated carbocycles. The summed E-state index contributed by atoms with van der Waals surface area (Å²) in [6, 6.07) is 5.90. The van der Waals surface area contributed by atoms with Crippen LogP contribution >= 0.6 is 0 Å². The van der Waals surface area contributed by atoms with E-state index in [1.54, 1.807) is 36.9 Å². The Balaban J connectivity index is 2.03. The van der Waals surface area contributed by atoms with Crippen LogP contribution < -0.4 is 5.32 Å². The molecule has 2 amide bonds. The van der Waals surface area contributed by atoms with Crippen LogP contribution in [0.1, 0.15) is 38.7 Å². The molecule has 1 atom stereocenters. The van der Waals surface area contributed by atoms with Crippen molar-refractivity contribution in [2.75, 3.05) is 13.1 Å². The molecule has 0 bridgehead atoms. The maximum Gasteiger partial charge on any atom is 0.407 e. The van der Waals surface area contributed by atoms with Gasteiger partial charge in [-0.15, -0.1) is 0 Å². The number of likely N-dealkylation sites (tertiary alicyclic amines) is 1. The number of hydrogen-bond donors (Lipinski definition) is 1. The van der Waals surface area contributed by atoms with Gasteiger partial charge in [-0.05, 0) is 44.7 Å². The molecule has 0 aliphatic carbocycles. The number of nitrogens with zero attached hydrogens (tertiary/aromatic N) is 1. The Hall–Kier alpha value is -2.11. The number of hydrogen-bond acceptors (Lipinski definition) is 3. The van der Waals surface area contributed by atoms with Crippen molar-refractivity contribution < 1.29 is 18.7 Å². The lowest BCUT2D eigenvalue weighted by Gasteiger charge is -2.22. The van der Waals surface area contributed by atoms with E-state index in [2.05, 4.69) is 5.32 Å². The molecule has 0 aromatic heterocycles. The molecule has 1 unspecified atom stereocenters. The highest BCUT2D eigenvalue weighted by atomic mass is 19.1. The predicted octanol–water partition coefficient (Wildman–Crippen LogP) is 2.88. The summed E-state index contributed by atoms with van der Waals surface area (Å²) in [4.78, 5) is 26.1. The SMILES string of the molecule is CC(C)OC(=O)NC(CC(=O)N1CCCC1)Cc1ccccc1F. The third-order valence-electron chi connectivity index (χ3n) is 3.97. The molecule has 24 heavy (non-hydrogen) atoms. The van der Waals surface area contributed by atoms with Crippen LogP contribution in [0.5, 0.6) is 0 Å². The molecule has 2 rings (SSSR count). The van der Waals surface area contributed by atoms with Crippen molar-refractivity contribution in [2.45, 2.75) is 51.7 Å². The van der Waals surface area contributed by atoms with Gasteiger partial charge in [0.2, 0.25) is 5.91 Å². The largest absolute Gasteiger partial charge is 0.447 e. The zero-order valence-corrected chi connectivity index (χ0v) is 14.3. The second-order valence-corrected chi connectivity index (χ2v) is 6.38. The van der Waals surface area contributed by atoms with Crippen LogP contribution in [0.4, 0.5) is 9.18 Å². The minimum atomic E-state index is -0.583. The molecular formula is C18H25FN2O3. The molecule has 5 nitrogen and oxygen atoms in total. The minimum absolute atomic E-state index is 0.0151. The van der Waals surface area contributed by atoms with Crippen molar-refractivity contribution >= 4 is 12.0 Å². The van der Waals surface area contributed by atoms with Gasteiger partial charge in [0.05, 0.1) is 6.10 Å². The predicted molar refractivity (Wildman–Crippen MR) is 89.1 cm³/mol. The maximum absolute atomic E-state index is 13.9. The Morgan fingerprint density at radius 2 is 1.92 bits per heavy atom. The van der Waals surface area contributed by atoms with Gasteiger partial charge in [-0.2, -0.15) is 0 Å². The van der Waals surface area contributed by atoms with Crippen LogP contribution in [0.25, 0.3) is 0 Å². The summed E-state index contributed by atoms with van der Waals surface area (Å²) in [6.45, 7) is 5.01. The number of nitrogens with one attached hydrogen (secondary N) is 1. The highest BCUT2D eigenvalue weighted by molar-refractivity contribution is 5.78. The molecule has 1 aromatic carbocycles. The fourth-order valence-electron chi connectivity index (χ4n) is 2.82. The van der Waals surface area contributed by atoms with E-state index in [1.807, 2.05) is 0 Å². The number of halogens is 1. The zero-order chi connectivity index (χ0) is 17.5. The van der Waals surface area contributed by atoms with E-state index in [4.69, 9.17) is 4.74 Å². The monoisotopic (exact) mass is 336 g/mol. The average molecular weight is 336 g/mol. The lowest BCUT2D eigenvalue weighted by molar-refractivity contribution is -0.130. The molecule has 6 heteroatoms. The maximum atomic E-state index is 13.9. The molecule has 1 fully saturated rings. The molecule has 132 valence electrons. The Morgan fingerprint density at radius 1 is 1.25 bits per heavy atom. The van der Waals surface area contributed by atoms with E-state index >= 15 is 0 Å². The topological polar surface area (TPSA) is 58.6 Å². The van der Waals surface area contributed by atoms with Crippen molar-refractivity contribution in [3.63, 3.8) is 0 Å². The van der Waals surface area contributed by atoms with Gasteiger partial charge < -0.3 is 15.0 Å². The Kier molecular flexibility index (Phi) is 6.58. The van der Waals surface area contributed by atoms with E-state index < -0.39 is 12.1 Å². The third kappa shape index (κ3) is 5.51. The number of benzene rings is 1. The molecule has 1 heterocycles. The number of carbonyl (C=O) groups excluding carboxylic acids is 2. The van der Waals surface area contributed by atoms with E-state index in [9.17, 15) is 14.0 Å². The van der Waals surface area contributed by atoms with Crippen molar-refractivity contribution in [1.29, 1.82) is 0 Å². The Morgan fingerprint density at radius 3 is 2.54 bits per heavy atom.